The van der Waals surface area contributed by atoms with E-state index in [1.165, 1.54) is 46.5 Å². The first kappa shape index (κ1) is 19.3. The molecule has 2 N–H and O–H groups in total. The highest BCUT2D eigenvalue weighted by Crippen LogP contribution is 2.38. The standard InChI is InChI=1S/C17H18N2O6S/c1-9(20)13-5-6-14(26-13)17(22)19-18-16(21)10-7-11(23-2)15(25-4)12(8-10)24-3/h5-8H,1-4H3,(H,18,21)(H,19,22). The number of nitrogens with one attached hydrogen (secondary N) is 2. The van der Waals surface area contributed by atoms with Gasteiger partial charge in [0, 0.05) is 5.56 Å². The maximum absolute atomic E-state index is 12.3. The molecule has 9 heteroatoms. The monoisotopic (exact) mass is 378 g/mol. The highest BCUT2D eigenvalue weighted by atomic mass is 32.1. The number of hydrogen-bond acceptors (Lipinski definition) is 7. The molecule has 0 aliphatic carbocycles. The van der Waals surface area contributed by atoms with Gasteiger partial charge in [0.15, 0.2) is 17.3 Å². The molecule has 0 radical (unpaired) electrons. The van der Waals surface area contributed by atoms with Crippen LogP contribution in [0.25, 0.3) is 0 Å². The van der Waals surface area contributed by atoms with E-state index in [1.54, 1.807) is 6.07 Å². The van der Waals surface area contributed by atoms with Gasteiger partial charge in [-0.25, -0.2) is 0 Å². The van der Waals surface area contributed by atoms with Crippen LogP contribution in [0.4, 0.5) is 0 Å². The van der Waals surface area contributed by atoms with Gasteiger partial charge in [0.05, 0.1) is 31.1 Å². The molecule has 2 amide bonds. The Labute approximate surface area is 154 Å². The molecular weight excluding hydrogens is 360 g/mol. The zero-order chi connectivity index (χ0) is 19.3. The molecule has 8 nitrogen and oxygen atoms in total. The molecule has 26 heavy (non-hydrogen) atoms. The Morgan fingerprint density at radius 2 is 1.38 bits per heavy atom. The summed E-state index contributed by atoms with van der Waals surface area (Å²) in [4.78, 5) is 36.4. The Morgan fingerprint density at radius 3 is 1.85 bits per heavy atom. The molecule has 0 aliphatic heterocycles. The van der Waals surface area contributed by atoms with E-state index >= 15 is 0 Å². The Hall–Kier alpha value is -3.07. The van der Waals surface area contributed by atoms with Crippen LogP contribution in [0.1, 0.15) is 36.6 Å². The number of ketones is 1. The first-order valence-electron chi connectivity index (χ1n) is 7.42. The van der Waals surface area contributed by atoms with E-state index in [4.69, 9.17) is 14.2 Å². The van der Waals surface area contributed by atoms with Crippen molar-refractivity contribution < 1.29 is 28.6 Å². The zero-order valence-electron chi connectivity index (χ0n) is 14.7. The Morgan fingerprint density at radius 1 is 0.846 bits per heavy atom. The number of thiophene rings is 1. The van der Waals surface area contributed by atoms with E-state index in [2.05, 4.69) is 10.9 Å². The van der Waals surface area contributed by atoms with Crippen LogP contribution in [0.5, 0.6) is 17.2 Å². The molecule has 2 aromatic rings. The molecule has 0 fully saturated rings. The van der Waals surface area contributed by atoms with Crippen molar-refractivity contribution in [3.63, 3.8) is 0 Å². The highest BCUT2D eigenvalue weighted by Gasteiger charge is 2.18. The summed E-state index contributed by atoms with van der Waals surface area (Å²) in [6, 6.07) is 5.99. The summed E-state index contributed by atoms with van der Waals surface area (Å²) < 4.78 is 15.6. The van der Waals surface area contributed by atoms with Crippen LogP contribution in [-0.4, -0.2) is 38.9 Å². The molecule has 0 saturated carbocycles. The smallest absolute Gasteiger partial charge is 0.279 e. The third kappa shape index (κ3) is 4.12. The summed E-state index contributed by atoms with van der Waals surface area (Å²) in [7, 11) is 4.32. The Balaban J connectivity index is 2.11. The fraction of sp³-hybridized carbons (Fsp3) is 0.235. The minimum Gasteiger partial charge on any atom is -0.493 e. The van der Waals surface area contributed by atoms with Gasteiger partial charge in [-0.2, -0.15) is 0 Å². The van der Waals surface area contributed by atoms with Gasteiger partial charge in [-0.05, 0) is 31.2 Å². The quantitative estimate of drug-likeness (QED) is 0.589. The van der Waals surface area contributed by atoms with Crippen molar-refractivity contribution in [3.8, 4) is 17.2 Å². The molecule has 0 unspecified atom stereocenters. The number of carbonyl (C=O) groups is 3. The zero-order valence-corrected chi connectivity index (χ0v) is 15.5. The average Bonchev–Trinajstić information content (AvgIpc) is 3.15. The summed E-state index contributed by atoms with van der Waals surface area (Å²) in [5, 5.41) is 0. The minimum atomic E-state index is -0.569. The van der Waals surface area contributed by atoms with Crippen molar-refractivity contribution in [2.75, 3.05) is 21.3 Å². The number of carbonyl (C=O) groups excluding carboxylic acids is 3. The van der Waals surface area contributed by atoms with Crippen LogP contribution < -0.4 is 25.1 Å². The lowest BCUT2D eigenvalue weighted by Gasteiger charge is -2.14. The fourth-order valence-corrected chi connectivity index (χ4v) is 2.91. The molecule has 1 heterocycles. The van der Waals surface area contributed by atoms with E-state index in [0.29, 0.717) is 27.0 Å². The van der Waals surface area contributed by atoms with Crippen molar-refractivity contribution in [2.45, 2.75) is 6.92 Å². The number of amides is 2. The molecular formula is C17H18N2O6S. The molecule has 0 saturated heterocycles. The lowest BCUT2D eigenvalue weighted by Crippen LogP contribution is -2.41. The molecule has 138 valence electrons. The van der Waals surface area contributed by atoms with Crippen LogP contribution >= 0.6 is 11.3 Å². The number of rotatable bonds is 6. The van der Waals surface area contributed by atoms with Crippen molar-refractivity contribution >= 4 is 28.9 Å². The summed E-state index contributed by atoms with van der Waals surface area (Å²) in [5.74, 6) is -0.244. The van der Waals surface area contributed by atoms with Crippen LogP contribution in [0, 0.1) is 0 Å². The topological polar surface area (TPSA) is 103 Å². The first-order chi connectivity index (χ1) is 12.4. The second-order valence-corrected chi connectivity index (χ2v) is 6.13. The van der Waals surface area contributed by atoms with Gasteiger partial charge in [-0.1, -0.05) is 0 Å². The molecule has 0 bridgehead atoms. The van der Waals surface area contributed by atoms with E-state index in [-0.39, 0.29) is 11.3 Å². The van der Waals surface area contributed by atoms with Gasteiger partial charge in [0.25, 0.3) is 11.8 Å². The first-order valence-corrected chi connectivity index (χ1v) is 8.24. The number of ether oxygens (including phenoxy) is 3. The van der Waals surface area contributed by atoms with Gasteiger partial charge < -0.3 is 14.2 Å². The SMILES string of the molecule is COc1cc(C(=O)NNC(=O)c2ccc(C(C)=O)s2)cc(OC)c1OC. The van der Waals surface area contributed by atoms with Gasteiger partial charge in [0.1, 0.15) is 0 Å². The minimum absolute atomic E-state index is 0.129. The van der Waals surface area contributed by atoms with Crippen LogP contribution in [0.2, 0.25) is 0 Å². The van der Waals surface area contributed by atoms with E-state index in [1.807, 2.05) is 0 Å². The van der Waals surface area contributed by atoms with E-state index in [0.717, 1.165) is 11.3 Å². The number of Topliss-reactive ketones (excluding diaryl/α,β-unsaturated/α-hetero) is 1. The molecule has 1 aromatic heterocycles. The molecule has 1 aromatic carbocycles. The van der Waals surface area contributed by atoms with Gasteiger partial charge >= 0.3 is 0 Å². The molecule has 0 spiro atoms. The number of hydrogen-bond donors (Lipinski definition) is 2. The van der Waals surface area contributed by atoms with Crippen molar-refractivity contribution in [1.82, 2.24) is 10.9 Å². The third-order valence-electron chi connectivity index (χ3n) is 3.39. The number of benzene rings is 1. The van der Waals surface area contributed by atoms with Gasteiger partial charge in [-0.15, -0.1) is 11.3 Å². The predicted octanol–water partition coefficient (Wildman–Crippen LogP) is 2.05. The fourth-order valence-electron chi connectivity index (χ4n) is 2.11. The van der Waals surface area contributed by atoms with Gasteiger partial charge in [-0.3, -0.25) is 25.2 Å². The lowest BCUT2D eigenvalue weighted by atomic mass is 10.1. The third-order valence-corrected chi connectivity index (χ3v) is 4.58. The second kappa shape index (κ2) is 8.34. The van der Waals surface area contributed by atoms with E-state index < -0.39 is 11.8 Å². The van der Waals surface area contributed by atoms with Crippen molar-refractivity contribution in [1.29, 1.82) is 0 Å². The molecule has 0 aliphatic rings. The highest BCUT2D eigenvalue weighted by molar-refractivity contribution is 7.15. The predicted molar refractivity (Wildman–Crippen MR) is 95.4 cm³/mol. The summed E-state index contributed by atoms with van der Waals surface area (Å²) in [6.07, 6.45) is 0. The summed E-state index contributed by atoms with van der Waals surface area (Å²) in [6.45, 7) is 1.42. The van der Waals surface area contributed by atoms with Crippen molar-refractivity contribution in [3.05, 3.63) is 39.6 Å². The number of methoxy groups -OCH3 is 3. The lowest BCUT2D eigenvalue weighted by molar-refractivity contribution is 0.0848. The molecule has 2 rings (SSSR count). The number of hydrazine groups is 1. The maximum Gasteiger partial charge on any atom is 0.279 e. The van der Waals surface area contributed by atoms with E-state index in [9.17, 15) is 14.4 Å². The second-order valence-electron chi connectivity index (χ2n) is 5.04. The maximum atomic E-state index is 12.3. The van der Waals surface area contributed by atoms with Gasteiger partial charge in [0.2, 0.25) is 5.75 Å². The Bertz CT molecular complexity index is 821. The summed E-state index contributed by atoms with van der Waals surface area (Å²) >= 11 is 1.04. The van der Waals surface area contributed by atoms with Crippen LogP contribution in [-0.2, 0) is 0 Å². The van der Waals surface area contributed by atoms with Crippen molar-refractivity contribution in [2.24, 2.45) is 0 Å². The summed E-state index contributed by atoms with van der Waals surface area (Å²) in [5.41, 5.74) is 4.81. The van der Waals surface area contributed by atoms with Crippen LogP contribution in [0.15, 0.2) is 24.3 Å². The van der Waals surface area contributed by atoms with Crippen LogP contribution in [0.3, 0.4) is 0 Å². The molecule has 0 atom stereocenters. The largest absolute Gasteiger partial charge is 0.493 e. The normalized spacial score (nSPS) is 10.0. The Kier molecular flexibility index (Phi) is 6.18. The average molecular weight is 378 g/mol.